The summed E-state index contributed by atoms with van der Waals surface area (Å²) in [6.07, 6.45) is 1.49. The van der Waals surface area contributed by atoms with Crippen LogP contribution in [-0.4, -0.2) is 0 Å². The van der Waals surface area contributed by atoms with Crippen LogP contribution >= 0.6 is 0 Å². The van der Waals surface area contributed by atoms with E-state index in [9.17, 15) is 5.21 Å². The Morgan fingerprint density at radius 3 is 2.45 bits per heavy atom. The third-order valence-corrected chi connectivity index (χ3v) is 3.49. The third-order valence-electron chi connectivity index (χ3n) is 3.49. The molecule has 4 rings (SSSR count). The molecular formula is C17H11NO2. The Hall–Kier alpha value is -2.81. The van der Waals surface area contributed by atoms with Gasteiger partial charge < -0.3 is 9.62 Å². The van der Waals surface area contributed by atoms with Gasteiger partial charge in [0.2, 0.25) is 11.7 Å². The average molecular weight is 261 g/mol. The summed E-state index contributed by atoms with van der Waals surface area (Å²) in [7, 11) is 0. The largest absolute Gasteiger partial charge is 0.618 e. The van der Waals surface area contributed by atoms with E-state index in [2.05, 4.69) is 0 Å². The van der Waals surface area contributed by atoms with Crippen molar-refractivity contribution in [3.05, 3.63) is 72.1 Å². The second-order valence-corrected chi connectivity index (χ2v) is 4.73. The Bertz CT molecular complexity index is 910. The van der Waals surface area contributed by atoms with Crippen molar-refractivity contribution in [2.45, 2.75) is 0 Å². The molecule has 0 aliphatic carbocycles. The highest BCUT2D eigenvalue weighted by Gasteiger charge is 2.14. The molecule has 0 amide bonds. The number of nitrogens with zero attached hydrogens (tertiary/aromatic N) is 1. The summed E-state index contributed by atoms with van der Waals surface area (Å²) in [4.78, 5) is 0. The van der Waals surface area contributed by atoms with Gasteiger partial charge >= 0.3 is 0 Å². The number of fused-ring (bicyclic) bond motifs is 3. The zero-order chi connectivity index (χ0) is 13.5. The van der Waals surface area contributed by atoms with Gasteiger partial charge in [-0.3, -0.25) is 0 Å². The average Bonchev–Trinajstić information content (AvgIpc) is 2.93. The van der Waals surface area contributed by atoms with E-state index in [1.165, 1.54) is 6.20 Å². The molecule has 0 N–H and O–H groups in total. The van der Waals surface area contributed by atoms with Crippen molar-refractivity contribution in [1.29, 1.82) is 0 Å². The van der Waals surface area contributed by atoms with E-state index < -0.39 is 0 Å². The normalized spacial score (nSPS) is 11.2. The predicted molar refractivity (Wildman–Crippen MR) is 78.1 cm³/mol. The van der Waals surface area contributed by atoms with Crippen molar-refractivity contribution in [3.8, 4) is 11.3 Å². The first-order chi connectivity index (χ1) is 9.83. The van der Waals surface area contributed by atoms with Crippen LogP contribution < -0.4 is 4.73 Å². The summed E-state index contributed by atoms with van der Waals surface area (Å²) in [6, 6.07) is 19.4. The molecule has 0 aliphatic heterocycles. The molecule has 0 atom stereocenters. The quantitative estimate of drug-likeness (QED) is 0.385. The van der Waals surface area contributed by atoms with Crippen molar-refractivity contribution >= 4 is 21.9 Å². The molecule has 3 heteroatoms. The van der Waals surface area contributed by atoms with Gasteiger partial charge in [0, 0.05) is 17.0 Å². The van der Waals surface area contributed by atoms with Crippen molar-refractivity contribution in [1.82, 2.24) is 0 Å². The van der Waals surface area contributed by atoms with Crippen molar-refractivity contribution < 1.29 is 9.15 Å². The van der Waals surface area contributed by atoms with Gasteiger partial charge in [0.1, 0.15) is 5.76 Å². The molecule has 0 spiro atoms. The first kappa shape index (κ1) is 11.1. The van der Waals surface area contributed by atoms with Crippen LogP contribution in [0.2, 0.25) is 0 Å². The molecule has 3 nitrogen and oxygen atoms in total. The minimum atomic E-state index is 0.609. The van der Waals surface area contributed by atoms with E-state index in [-0.39, 0.29) is 0 Å². The maximum atomic E-state index is 12.0. The highest BCUT2D eigenvalue weighted by Crippen LogP contribution is 2.30. The first-order valence-corrected chi connectivity index (χ1v) is 6.43. The molecule has 20 heavy (non-hydrogen) atoms. The monoisotopic (exact) mass is 261 g/mol. The van der Waals surface area contributed by atoms with Crippen LogP contribution in [0.4, 0.5) is 0 Å². The first-order valence-electron chi connectivity index (χ1n) is 6.43. The summed E-state index contributed by atoms with van der Waals surface area (Å²) in [5.41, 5.74) is 2.27. The number of para-hydroxylation sites is 1. The number of aromatic nitrogens is 1. The van der Waals surface area contributed by atoms with E-state index in [0.717, 1.165) is 26.8 Å². The predicted octanol–water partition coefficient (Wildman–Crippen LogP) is 3.89. The summed E-state index contributed by atoms with van der Waals surface area (Å²) in [6.45, 7) is 0. The number of pyridine rings is 1. The summed E-state index contributed by atoms with van der Waals surface area (Å²) in [5.74, 6) is 0.775. The van der Waals surface area contributed by atoms with Gasteiger partial charge in [-0.1, -0.05) is 42.5 Å². The van der Waals surface area contributed by atoms with Crippen LogP contribution in [0.15, 0.2) is 71.3 Å². The van der Waals surface area contributed by atoms with Crippen LogP contribution in [0.25, 0.3) is 33.2 Å². The minimum Gasteiger partial charge on any atom is -0.618 e. The van der Waals surface area contributed by atoms with Crippen molar-refractivity contribution in [2.24, 2.45) is 0 Å². The number of benzene rings is 2. The molecule has 0 saturated carbocycles. The fraction of sp³-hybridized carbons (Fsp3) is 0. The second-order valence-electron chi connectivity index (χ2n) is 4.73. The Morgan fingerprint density at radius 1 is 0.850 bits per heavy atom. The molecule has 96 valence electrons. The maximum absolute atomic E-state index is 12.0. The minimum absolute atomic E-state index is 0.609. The lowest BCUT2D eigenvalue weighted by atomic mass is 10.1. The zero-order valence-corrected chi connectivity index (χ0v) is 10.6. The Kier molecular flexibility index (Phi) is 2.27. The fourth-order valence-corrected chi connectivity index (χ4v) is 2.53. The molecule has 0 unspecified atom stereocenters. The SMILES string of the molecule is [O-][n+]1cc2oc(-c3ccccc3)cc2c2ccccc21. The van der Waals surface area contributed by atoms with Gasteiger partial charge in [-0.15, -0.1) is 0 Å². The van der Waals surface area contributed by atoms with Crippen molar-refractivity contribution in [2.75, 3.05) is 0 Å². The molecule has 0 saturated heterocycles. The standard InChI is InChI=1S/C17H11NO2/c19-18-11-17-14(13-8-4-5-9-15(13)18)10-16(20-17)12-6-2-1-3-7-12/h1-11H. The smallest absolute Gasteiger partial charge is 0.224 e. The van der Waals surface area contributed by atoms with E-state index in [1.54, 1.807) is 0 Å². The van der Waals surface area contributed by atoms with Crippen LogP contribution in [0.3, 0.4) is 0 Å². The Labute approximate surface area is 115 Å². The lowest BCUT2D eigenvalue weighted by molar-refractivity contribution is -0.575. The van der Waals surface area contributed by atoms with E-state index >= 15 is 0 Å². The second kappa shape index (κ2) is 4.10. The lowest BCUT2D eigenvalue weighted by Crippen LogP contribution is -2.25. The molecule has 0 bridgehead atoms. The van der Waals surface area contributed by atoms with Crippen LogP contribution in [0.1, 0.15) is 0 Å². The van der Waals surface area contributed by atoms with Gasteiger partial charge in [0.15, 0.2) is 5.58 Å². The summed E-state index contributed by atoms with van der Waals surface area (Å²) in [5, 5.41) is 13.9. The summed E-state index contributed by atoms with van der Waals surface area (Å²) < 4.78 is 6.68. The number of rotatable bonds is 1. The molecule has 4 aromatic rings. The fourth-order valence-electron chi connectivity index (χ4n) is 2.53. The van der Waals surface area contributed by atoms with Crippen molar-refractivity contribution in [3.63, 3.8) is 0 Å². The Morgan fingerprint density at radius 2 is 1.60 bits per heavy atom. The van der Waals surface area contributed by atoms with Gasteiger partial charge in [-0.2, -0.15) is 4.73 Å². The number of hydrogen-bond acceptors (Lipinski definition) is 2. The molecule has 0 radical (unpaired) electrons. The van der Waals surface area contributed by atoms with Crippen LogP contribution in [0, 0.1) is 5.21 Å². The van der Waals surface area contributed by atoms with E-state index in [4.69, 9.17) is 4.42 Å². The van der Waals surface area contributed by atoms with E-state index in [0.29, 0.717) is 11.1 Å². The highest BCUT2D eigenvalue weighted by atomic mass is 16.5. The van der Waals surface area contributed by atoms with Gasteiger partial charge in [0.05, 0.1) is 5.39 Å². The molecule has 0 aliphatic rings. The number of hydrogen-bond donors (Lipinski definition) is 0. The maximum Gasteiger partial charge on any atom is 0.224 e. The zero-order valence-electron chi connectivity index (χ0n) is 10.6. The lowest BCUT2D eigenvalue weighted by Gasteiger charge is -2.00. The molecule has 2 aromatic carbocycles. The topological polar surface area (TPSA) is 40.1 Å². The third kappa shape index (κ3) is 1.57. The Balaban J connectivity index is 2.07. The molecule has 2 aromatic heterocycles. The van der Waals surface area contributed by atoms with Gasteiger partial charge in [-0.25, -0.2) is 0 Å². The summed E-state index contributed by atoms with van der Waals surface area (Å²) >= 11 is 0. The van der Waals surface area contributed by atoms with E-state index in [1.807, 2.05) is 60.7 Å². The van der Waals surface area contributed by atoms with Gasteiger partial charge in [0.25, 0.3) is 0 Å². The molecule has 0 fully saturated rings. The van der Waals surface area contributed by atoms with Crippen LogP contribution in [-0.2, 0) is 0 Å². The van der Waals surface area contributed by atoms with Gasteiger partial charge in [-0.05, 0) is 12.1 Å². The molecular weight excluding hydrogens is 250 g/mol. The highest BCUT2D eigenvalue weighted by molar-refractivity contribution is 6.03. The number of furan rings is 1. The molecule has 2 heterocycles. The van der Waals surface area contributed by atoms with Crippen LogP contribution in [0.5, 0.6) is 0 Å².